The second kappa shape index (κ2) is 6.12. The van der Waals surface area contributed by atoms with E-state index in [1.807, 2.05) is 18.2 Å². The van der Waals surface area contributed by atoms with Crippen molar-refractivity contribution in [2.24, 2.45) is 0 Å². The summed E-state index contributed by atoms with van der Waals surface area (Å²) in [7, 11) is 0. The molecule has 1 aliphatic rings. The molecule has 0 saturated heterocycles. The van der Waals surface area contributed by atoms with Gasteiger partial charge in [-0.1, -0.05) is 78.3 Å². The van der Waals surface area contributed by atoms with Gasteiger partial charge in [0.15, 0.2) is 0 Å². The summed E-state index contributed by atoms with van der Waals surface area (Å²) in [5, 5.41) is 0.756. The van der Waals surface area contributed by atoms with Crippen molar-refractivity contribution in [1.82, 2.24) is 4.98 Å². The van der Waals surface area contributed by atoms with Crippen LogP contribution in [-0.2, 0) is 6.42 Å². The van der Waals surface area contributed by atoms with Gasteiger partial charge in [-0.2, -0.15) is 0 Å². The molecule has 124 valence electrons. The predicted molar refractivity (Wildman–Crippen MR) is 108 cm³/mol. The van der Waals surface area contributed by atoms with Crippen LogP contribution >= 0.6 is 11.6 Å². The van der Waals surface area contributed by atoms with E-state index in [0.29, 0.717) is 0 Å². The van der Waals surface area contributed by atoms with Gasteiger partial charge >= 0.3 is 0 Å². The van der Waals surface area contributed by atoms with Gasteiger partial charge in [0.2, 0.25) is 0 Å². The molecule has 0 atom stereocenters. The van der Waals surface area contributed by atoms with Gasteiger partial charge in [0.05, 0.1) is 11.4 Å². The Bertz CT molecular complexity index is 1100. The highest BCUT2D eigenvalue weighted by Crippen LogP contribution is 2.42. The van der Waals surface area contributed by atoms with Gasteiger partial charge in [-0.15, -0.1) is 0 Å². The van der Waals surface area contributed by atoms with E-state index in [1.54, 1.807) is 0 Å². The van der Waals surface area contributed by atoms with Gasteiger partial charge in [0, 0.05) is 22.6 Å². The molecule has 1 heterocycles. The fraction of sp³-hybridized carbons (Fsp3) is 0.0417. The van der Waals surface area contributed by atoms with E-state index in [0.717, 1.165) is 28.4 Å². The van der Waals surface area contributed by atoms with E-state index in [1.165, 1.54) is 27.8 Å². The van der Waals surface area contributed by atoms with Crippen molar-refractivity contribution in [2.75, 3.05) is 0 Å². The Morgan fingerprint density at radius 3 is 2.23 bits per heavy atom. The molecule has 0 unspecified atom stereocenters. The van der Waals surface area contributed by atoms with Crippen LogP contribution in [0, 0.1) is 0 Å². The van der Waals surface area contributed by atoms with Crippen molar-refractivity contribution in [2.45, 2.75) is 6.42 Å². The molecule has 0 N–H and O–H groups in total. The lowest BCUT2D eigenvalue weighted by Crippen LogP contribution is -1.94. The third-order valence-corrected chi connectivity index (χ3v) is 5.24. The summed E-state index contributed by atoms with van der Waals surface area (Å²) < 4.78 is 0. The molecule has 0 radical (unpaired) electrons. The van der Waals surface area contributed by atoms with E-state index in [2.05, 4.69) is 66.7 Å². The summed E-state index contributed by atoms with van der Waals surface area (Å²) in [6.07, 6.45) is 0.922. The molecule has 0 aliphatic heterocycles. The molecule has 4 aromatic rings. The minimum absolute atomic E-state index is 0.756. The molecule has 3 aromatic carbocycles. The number of hydrogen-bond acceptors (Lipinski definition) is 1. The normalized spacial score (nSPS) is 11.9. The molecule has 0 saturated carbocycles. The molecule has 2 heteroatoms. The van der Waals surface area contributed by atoms with Crippen molar-refractivity contribution >= 4 is 11.6 Å². The van der Waals surface area contributed by atoms with E-state index < -0.39 is 0 Å². The van der Waals surface area contributed by atoms with Crippen LogP contribution in [0.1, 0.15) is 11.1 Å². The van der Waals surface area contributed by atoms with Gasteiger partial charge in [0.25, 0.3) is 0 Å². The fourth-order valence-electron chi connectivity index (χ4n) is 3.71. The van der Waals surface area contributed by atoms with Gasteiger partial charge in [-0.25, -0.2) is 4.98 Å². The number of fused-ring (bicyclic) bond motifs is 3. The van der Waals surface area contributed by atoms with Crippen LogP contribution in [0.3, 0.4) is 0 Å². The van der Waals surface area contributed by atoms with Crippen molar-refractivity contribution in [3.8, 4) is 33.6 Å². The number of hydrogen-bond donors (Lipinski definition) is 0. The first-order valence-electron chi connectivity index (χ1n) is 8.73. The highest BCUT2D eigenvalue weighted by molar-refractivity contribution is 6.30. The zero-order valence-electron chi connectivity index (χ0n) is 14.1. The average Bonchev–Trinajstić information content (AvgIpc) is 3.07. The SMILES string of the molecule is Clc1ccc(-c2cc(-c3ccccc3)nc3c2Cc2ccccc2-3)cc1. The maximum Gasteiger partial charge on any atom is 0.0753 e. The predicted octanol–water partition coefficient (Wildman–Crippen LogP) is 6.64. The molecule has 0 bridgehead atoms. The molecule has 1 nitrogen and oxygen atoms in total. The Labute approximate surface area is 157 Å². The smallest absolute Gasteiger partial charge is 0.0753 e. The Morgan fingerprint density at radius 1 is 0.692 bits per heavy atom. The summed E-state index contributed by atoms with van der Waals surface area (Å²) in [6.45, 7) is 0. The van der Waals surface area contributed by atoms with Crippen molar-refractivity contribution in [3.05, 3.63) is 101 Å². The monoisotopic (exact) mass is 353 g/mol. The molecule has 1 aromatic heterocycles. The lowest BCUT2D eigenvalue weighted by molar-refractivity contribution is 1.23. The number of aromatic nitrogens is 1. The van der Waals surface area contributed by atoms with Crippen molar-refractivity contribution < 1.29 is 0 Å². The third kappa shape index (κ3) is 2.53. The molecular weight excluding hydrogens is 338 g/mol. The van der Waals surface area contributed by atoms with Gasteiger partial charge in [-0.3, -0.25) is 0 Å². The van der Waals surface area contributed by atoms with Crippen LogP contribution < -0.4 is 0 Å². The number of halogens is 1. The number of benzene rings is 3. The molecular formula is C24H16ClN. The highest BCUT2D eigenvalue weighted by Gasteiger charge is 2.24. The quantitative estimate of drug-likeness (QED) is 0.346. The van der Waals surface area contributed by atoms with E-state index in [4.69, 9.17) is 16.6 Å². The van der Waals surface area contributed by atoms with Crippen LogP contribution in [0.15, 0.2) is 84.9 Å². The van der Waals surface area contributed by atoms with E-state index in [9.17, 15) is 0 Å². The van der Waals surface area contributed by atoms with Crippen LogP contribution in [0.25, 0.3) is 33.6 Å². The van der Waals surface area contributed by atoms with Crippen LogP contribution in [0.5, 0.6) is 0 Å². The first kappa shape index (κ1) is 15.4. The first-order valence-corrected chi connectivity index (χ1v) is 9.11. The fourth-order valence-corrected chi connectivity index (χ4v) is 3.84. The second-order valence-corrected chi connectivity index (χ2v) is 7.03. The molecule has 0 spiro atoms. The van der Waals surface area contributed by atoms with Crippen LogP contribution in [0.4, 0.5) is 0 Å². The number of pyridine rings is 1. The third-order valence-electron chi connectivity index (χ3n) is 4.99. The zero-order chi connectivity index (χ0) is 17.5. The number of nitrogens with zero attached hydrogens (tertiary/aromatic N) is 1. The molecule has 1 aliphatic carbocycles. The van der Waals surface area contributed by atoms with Gasteiger partial charge in [-0.05, 0) is 40.5 Å². The topological polar surface area (TPSA) is 12.9 Å². The highest BCUT2D eigenvalue weighted by atomic mass is 35.5. The van der Waals surface area contributed by atoms with Crippen molar-refractivity contribution in [3.63, 3.8) is 0 Å². The maximum atomic E-state index is 6.10. The Kier molecular flexibility index (Phi) is 3.62. The summed E-state index contributed by atoms with van der Waals surface area (Å²) in [5.41, 5.74) is 9.55. The van der Waals surface area contributed by atoms with E-state index in [-0.39, 0.29) is 0 Å². The maximum absolute atomic E-state index is 6.10. The summed E-state index contributed by atoms with van der Waals surface area (Å²) in [5.74, 6) is 0. The van der Waals surface area contributed by atoms with Crippen molar-refractivity contribution in [1.29, 1.82) is 0 Å². The summed E-state index contributed by atoms with van der Waals surface area (Å²) in [4.78, 5) is 5.04. The first-order chi connectivity index (χ1) is 12.8. The second-order valence-electron chi connectivity index (χ2n) is 6.59. The molecule has 0 fully saturated rings. The lowest BCUT2D eigenvalue weighted by atomic mass is 9.96. The Hall–Kier alpha value is -2.90. The standard InChI is InChI=1S/C24H16ClN/c25-19-12-10-16(11-13-19)21-15-23(17-6-2-1-3-7-17)26-24-20-9-5-4-8-18(20)14-22(21)24/h1-13,15H,14H2. The molecule has 0 amide bonds. The largest absolute Gasteiger partial charge is 0.247 e. The minimum Gasteiger partial charge on any atom is -0.247 e. The zero-order valence-corrected chi connectivity index (χ0v) is 14.9. The van der Waals surface area contributed by atoms with Crippen LogP contribution in [-0.4, -0.2) is 4.98 Å². The number of rotatable bonds is 2. The Morgan fingerprint density at radius 2 is 1.42 bits per heavy atom. The summed E-state index contributed by atoms with van der Waals surface area (Å²) >= 11 is 6.10. The van der Waals surface area contributed by atoms with Gasteiger partial charge in [0.1, 0.15) is 0 Å². The summed E-state index contributed by atoms with van der Waals surface area (Å²) in [6, 6.07) is 29.2. The minimum atomic E-state index is 0.756. The van der Waals surface area contributed by atoms with E-state index >= 15 is 0 Å². The van der Waals surface area contributed by atoms with Gasteiger partial charge < -0.3 is 0 Å². The average molecular weight is 354 g/mol. The molecule has 5 rings (SSSR count). The van der Waals surface area contributed by atoms with Crippen LogP contribution in [0.2, 0.25) is 5.02 Å². The molecule has 26 heavy (non-hydrogen) atoms. The Balaban J connectivity index is 1.78. The lowest BCUT2D eigenvalue weighted by Gasteiger charge is -2.12.